The van der Waals surface area contributed by atoms with E-state index in [-0.39, 0.29) is 18.9 Å². The summed E-state index contributed by atoms with van der Waals surface area (Å²) in [4.78, 5) is 27.4. The number of benzene rings is 1. The molecule has 0 saturated carbocycles. The van der Waals surface area contributed by atoms with Crippen LogP contribution in [-0.4, -0.2) is 29.4 Å². The van der Waals surface area contributed by atoms with E-state index in [1.54, 1.807) is 31.2 Å². The largest absolute Gasteiger partial charge is 0.332 e. The maximum Gasteiger partial charge on any atom is 0.332 e. The number of carbonyl (C=O) groups excluding carboxylic acids is 2. The molecule has 2 atom stereocenters. The average Bonchev–Trinajstić information content (AvgIpc) is 2.75. The van der Waals surface area contributed by atoms with Gasteiger partial charge in [-0.3, -0.25) is 14.6 Å². The molecule has 1 aliphatic heterocycles. The smallest absolute Gasteiger partial charge is 0.282 e. The van der Waals surface area contributed by atoms with E-state index in [1.807, 2.05) is 12.1 Å². The van der Waals surface area contributed by atoms with Crippen LogP contribution in [0.25, 0.3) is 0 Å². The fourth-order valence-corrected chi connectivity index (χ4v) is 2.61. The van der Waals surface area contributed by atoms with E-state index in [0.29, 0.717) is 17.1 Å². The first-order valence-electron chi connectivity index (χ1n) is 7.16. The van der Waals surface area contributed by atoms with E-state index in [4.69, 9.17) is 22.1 Å². The molecule has 1 aromatic rings. The van der Waals surface area contributed by atoms with Gasteiger partial charge in [0.25, 0.3) is 5.91 Å². The van der Waals surface area contributed by atoms with E-state index >= 15 is 0 Å². The van der Waals surface area contributed by atoms with Crippen LogP contribution in [0.1, 0.15) is 19.8 Å². The molecule has 2 rings (SSSR count). The SMILES string of the molecule is C[C@H]1C(=O)N(C[C@H](C#N)CCC#N)C(=O)N1c1ccc(Cl)cc1. The van der Waals surface area contributed by atoms with E-state index in [1.165, 1.54) is 4.90 Å². The van der Waals surface area contributed by atoms with Crippen LogP contribution in [0, 0.1) is 28.6 Å². The number of hydrogen-bond acceptors (Lipinski definition) is 4. The van der Waals surface area contributed by atoms with Crippen molar-refractivity contribution in [2.24, 2.45) is 5.92 Å². The number of nitrogens with zero attached hydrogens (tertiary/aromatic N) is 4. The molecule has 3 amide bonds. The Labute approximate surface area is 139 Å². The van der Waals surface area contributed by atoms with Crippen molar-refractivity contribution in [3.8, 4) is 12.1 Å². The highest BCUT2D eigenvalue weighted by Gasteiger charge is 2.43. The standard InChI is InChI=1S/C16H15ClN4O2/c1-11-15(22)20(10-12(9-19)3-2-8-18)16(23)21(11)14-6-4-13(17)5-7-14/h4-7,11-12H,2-3,10H2,1H3/t11-,12-/m0/s1. The summed E-state index contributed by atoms with van der Waals surface area (Å²) in [5.74, 6) is -0.887. The number of urea groups is 1. The highest BCUT2D eigenvalue weighted by atomic mass is 35.5. The van der Waals surface area contributed by atoms with Gasteiger partial charge in [-0.1, -0.05) is 11.6 Å². The molecule has 1 aromatic carbocycles. The van der Waals surface area contributed by atoms with Crippen molar-refractivity contribution in [2.75, 3.05) is 11.4 Å². The number of carbonyl (C=O) groups is 2. The number of amides is 3. The van der Waals surface area contributed by atoms with Gasteiger partial charge in [-0.05, 0) is 37.6 Å². The molecular formula is C16H15ClN4O2. The molecule has 0 radical (unpaired) electrons. The lowest BCUT2D eigenvalue weighted by Gasteiger charge is -2.20. The summed E-state index contributed by atoms with van der Waals surface area (Å²) in [5, 5.41) is 18.3. The summed E-state index contributed by atoms with van der Waals surface area (Å²) in [6.45, 7) is 1.65. The Morgan fingerprint density at radius 1 is 1.26 bits per heavy atom. The van der Waals surface area contributed by atoms with Crippen LogP contribution in [0.15, 0.2) is 24.3 Å². The normalized spacial score (nSPS) is 18.7. The topological polar surface area (TPSA) is 88.2 Å². The Kier molecular flexibility index (Phi) is 5.20. The van der Waals surface area contributed by atoms with Gasteiger partial charge in [0.05, 0.1) is 18.1 Å². The second-order valence-corrected chi connectivity index (χ2v) is 5.71. The zero-order valence-corrected chi connectivity index (χ0v) is 13.3. The molecule has 0 aromatic heterocycles. The van der Waals surface area contributed by atoms with Gasteiger partial charge in [0.15, 0.2) is 0 Å². The van der Waals surface area contributed by atoms with Crippen molar-refractivity contribution >= 4 is 29.2 Å². The van der Waals surface area contributed by atoms with Crippen molar-refractivity contribution < 1.29 is 9.59 Å². The van der Waals surface area contributed by atoms with Crippen molar-refractivity contribution in [1.29, 1.82) is 10.5 Å². The molecule has 23 heavy (non-hydrogen) atoms. The van der Waals surface area contributed by atoms with Crippen molar-refractivity contribution in [3.05, 3.63) is 29.3 Å². The van der Waals surface area contributed by atoms with Gasteiger partial charge in [0, 0.05) is 23.7 Å². The van der Waals surface area contributed by atoms with Gasteiger partial charge in [-0.2, -0.15) is 10.5 Å². The first-order chi connectivity index (χ1) is 11.0. The van der Waals surface area contributed by atoms with Crippen LogP contribution in [0.4, 0.5) is 10.5 Å². The third-order valence-electron chi connectivity index (χ3n) is 3.74. The summed E-state index contributed by atoms with van der Waals surface area (Å²) in [5.41, 5.74) is 0.577. The zero-order valence-electron chi connectivity index (χ0n) is 12.6. The summed E-state index contributed by atoms with van der Waals surface area (Å²) in [6.07, 6.45) is 0.546. The monoisotopic (exact) mass is 330 g/mol. The van der Waals surface area contributed by atoms with Gasteiger partial charge >= 0.3 is 6.03 Å². The average molecular weight is 331 g/mol. The number of imide groups is 1. The molecule has 0 spiro atoms. The molecule has 0 bridgehead atoms. The van der Waals surface area contributed by atoms with Crippen LogP contribution >= 0.6 is 11.6 Å². The minimum Gasteiger partial charge on any atom is -0.282 e. The molecule has 118 valence electrons. The minimum atomic E-state index is -0.640. The van der Waals surface area contributed by atoms with Crippen LogP contribution in [0.2, 0.25) is 5.02 Å². The predicted molar refractivity (Wildman–Crippen MR) is 84.5 cm³/mol. The van der Waals surface area contributed by atoms with E-state index in [0.717, 1.165) is 4.90 Å². The third-order valence-corrected chi connectivity index (χ3v) is 3.99. The molecular weight excluding hydrogens is 316 g/mol. The fraction of sp³-hybridized carbons (Fsp3) is 0.375. The lowest BCUT2D eigenvalue weighted by Crippen LogP contribution is -2.36. The second-order valence-electron chi connectivity index (χ2n) is 5.28. The molecule has 1 fully saturated rings. The van der Waals surface area contributed by atoms with E-state index in [2.05, 4.69) is 0 Å². The summed E-state index contributed by atoms with van der Waals surface area (Å²) < 4.78 is 0. The van der Waals surface area contributed by atoms with Crippen LogP contribution < -0.4 is 4.90 Å². The van der Waals surface area contributed by atoms with Crippen molar-refractivity contribution in [2.45, 2.75) is 25.8 Å². The maximum absolute atomic E-state index is 12.6. The number of rotatable bonds is 5. The molecule has 7 heteroatoms. The van der Waals surface area contributed by atoms with Gasteiger partial charge in [-0.15, -0.1) is 0 Å². The highest BCUT2D eigenvalue weighted by molar-refractivity contribution is 6.30. The second kappa shape index (κ2) is 7.13. The quantitative estimate of drug-likeness (QED) is 0.776. The molecule has 0 N–H and O–H groups in total. The molecule has 1 saturated heterocycles. The number of halogens is 1. The molecule has 6 nitrogen and oxygen atoms in total. The number of nitriles is 2. The Morgan fingerprint density at radius 3 is 2.48 bits per heavy atom. The summed E-state index contributed by atoms with van der Waals surface area (Å²) >= 11 is 5.84. The summed E-state index contributed by atoms with van der Waals surface area (Å²) in [6, 6.07) is 9.56. The minimum absolute atomic E-state index is 0.00424. The summed E-state index contributed by atoms with van der Waals surface area (Å²) in [7, 11) is 0. The van der Waals surface area contributed by atoms with Crippen LogP contribution in [0.3, 0.4) is 0 Å². The van der Waals surface area contributed by atoms with Crippen molar-refractivity contribution in [3.63, 3.8) is 0 Å². The Bertz CT molecular complexity index is 690. The number of anilines is 1. The zero-order chi connectivity index (χ0) is 17.0. The number of hydrogen-bond donors (Lipinski definition) is 0. The molecule has 0 unspecified atom stereocenters. The predicted octanol–water partition coefficient (Wildman–Crippen LogP) is 2.94. The Balaban J connectivity index is 2.19. The maximum atomic E-state index is 12.6. The van der Waals surface area contributed by atoms with E-state index in [9.17, 15) is 9.59 Å². The van der Waals surface area contributed by atoms with Crippen LogP contribution in [0.5, 0.6) is 0 Å². The molecule has 1 aliphatic rings. The van der Waals surface area contributed by atoms with Crippen LogP contribution in [-0.2, 0) is 4.79 Å². The highest BCUT2D eigenvalue weighted by Crippen LogP contribution is 2.27. The van der Waals surface area contributed by atoms with E-state index < -0.39 is 18.0 Å². The Morgan fingerprint density at radius 2 is 1.91 bits per heavy atom. The molecule has 1 heterocycles. The van der Waals surface area contributed by atoms with Gasteiger partial charge in [-0.25, -0.2) is 4.79 Å². The molecule has 0 aliphatic carbocycles. The fourth-order valence-electron chi connectivity index (χ4n) is 2.49. The van der Waals surface area contributed by atoms with Gasteiger partial charge in [0.2, 0.25) is 0 Å². The van der Waals surface area contributed by atoms with Gasteiger partial charge in [0.1, 0.15) is 6.04 Å². The lowest BCUT2D eigenvalue weighted by atomic mass is 10.1. The third kappa shape index (κ3) is 3.44. The first kappa shape index (κ1) is 16.8. The van der Waals surface area contributed by atoms with Crippen molar-refractivity contribution in [1.82, 2.24) is 4.90 Å². The Hall–Kier alpha value is -2.57. The first-order valence-corrected chi connectivity index (χ1v) is 7.54. The lowest BCUT2D eigenvalue weighted by molar-refractivity contribution is -0.127. The van der Waals surface area contributed by atoms with Gasteiger partial charge < -0.3 is 0 Å².